The van der Waals surface area contributed by atoms with Crippen LogP contribution in [0, 0.1) is 15.9 Å². The van der Waals surface area contributed by atoms with Crippen LogP contribution in [0.5, 0.6) is 11.5 Å². The van der Waals surface area contributed by atoms with Gasteiger partial charge in [-0.15, -0.1) is 0 Å². The first-order valence-corrected chi connectivity index (χ1v) is 7.22. The molecule has 0 heterocycles. The second kappa shape index (κ2) is 8.36. The van der Waals surface area contributed by atoms with Crippen molar-refractivity contribution in [1.82, 2.24) is 0 Å². The van der Waals surface area contributed by atoms with Crippen LogP contribution in [0.2, 0.25) is 0 Å². The molecule has 122 valence electrons. The lowest BCUT2D eigenvalue weighted by molar-refractivity contribution is -0.422. The third kappa shape index (κ3) is 4.19. The smallest absolute Gasteiger partial charge is 0.244 e. The molecule has 0 bridgehead atoms. The molecule has 0 unspecified atom stereocenters. The Morgan fingerprint density at radius 1 is 1.36 bits per heavy atom. The minimum atomic E-state index is -0.630. The minimum Gasteiger partial charge on any atom is -0.496 e. The van der Waals surface area contributed by atoms with Crippen LogP contribution >= 0.6 is 0 Å². The molecule has 0 aliphatic rings. The number of aryl methyl sites for hydroxylation is 1. The Morgan fingerprint density at radius 3 is 2.55 bits per heavy atom. The SMILES string of the molecule is CCCCCc1cc(OC)c(/C=C(\C)[N+](=O)[O-])c(F)c1OC. The monoisotopic (exact) mass is 311 g/mol. The van der Waals surface area contributed by atoms with Gasteiger partial charge in [0.05, 0.1) is 24.7 Å². The molecule has 0 aliphatic heterocycles. The third-order valence-electron chi connectivity index (χ3n) is 3.41. The maximum atomic E-state index is 14.6. The van der Waals surface area contributed by atoms with Crippen LogP contribution in [0.25, 0.3) is 6.08 Å². The van der Waals surface area contributed by atoms with Gasteiger partial charge in [0, 0.05) is 18.6 Å². The number of methoxy groups -OCH3 is 2. The van der Waals surface area contributed by atoms with Gasteiger partial charge in [0.1, 0.15) is 5.75 Å². The second-order valence-corrected chi connectivity index (χ2v) is 5.00. The predicted molar refractivity (Wildman–Crippen MR) is 83.4 cm³/mol. The number of unbranched alkanes of at least 4 members (excludes halogenated alkanes) is 2. The number of rotatable bonds is 8. The van der Waals surface area contributed by atoms with E-state index in [1.165, 1.54) is 21.1 Å². The van der Waals surface area contributed by atoms with Crippen molar-refractivity contribution in [3.8, 4) is 11.5 Å². The van der Waals surface area contributed by atoms with Crippen molar-refractivity contribution in [1.29, 1.82) is 0 Å². The molecule has 0 aliphatic carbocycles. The summed E-state index contributed by atoms with van der Waals surface area (Å²) < 4.78 is 25.0. The molecule has 1 aromatic rings. The van der Waals surface area contributed by atoms with E-state index in [9.17, 15) is 14.5 Å². The maximum Gasteiger partial charge on any atom is 0.244 e. The van der Waals surface area contributed by atoms with Gasteiger partial charge in [0.2, 0.25) is 5.70 Å². The van der Waals surface area contributed by atoms with E-state index >= 15 is 0 Å². The summed E-state index contributed by atoms with van der Waals surface area (Å²) in [5.74, 6) is -0.236. The Kier molecular flexibility index (Phi) is 6.82. The highest BCUT2D eigenvalue weighted by molar-refractivity contribution is 5.63. The Morgan fingerprint density at radius 2 is 2.05 bits per heavy atom. The molecule has 1 aromatic carbocycles. The molecule has 1 rings (SSSR count). The number of hydrogen-bond donors (Lipinski definition) is 0. The van der Waals surface area contributed by atoms with E-state index in [2.05, 4.69) is 6.92 Å². The van der Waals surface area contributed by atoms with Crippen LogP contribution in [0.3, 0.4) is 0 Å². The summed E-state index contributed by atoms with van der Waals surface area (Å²) in [6, 6.07) is 1.69. The summed E-state index contributed by atoms with van der Waals surface area (Å²) in [7, 11) is 2.80. The van der Waals surface area contributed by atoms with Crippen molar-refractivity contribution in [2.24, 2.45) is 0 Å². The summed E-state index contributed by atoms with van der Waals surface area (Å²) >= 11 is 0. The van der Waals surface area contributed by atoms with Gasteiger partial charge in [0.15, 0.2) is 11.6 Å². The Balaban J connectivity index is 3.35. The van der Waals surface area contributed by atoms with E-state index in [-0.39, 0.29) is 22.8 Å². The highest BCUT2D eigenvalue weighted by atomic mass is 19.1. The van der Waals surface area contributed by atoms with E-state index in [1.807, 2.05) is 0 Å². The van der Waals surface area contributed by atoms with Crippen molar-refractivity contribution >= 4 is 6.08 Å². The fourth-order valence-electron chi connectivity index (χ4n) is 2.21. The van der Waals surface area contributed by atoms with Crippen molar-refractivity contribution < 1.29 is 18.8 Å². The number of allylic oxidation sites excluding steroid dienone is 1. The molecular formula is C16H22FNO4. The van der Waals surface area contributed by atoms with Crippen LogP contribution in [-0.4, -0.2) is 19.1 Å². The molecule has 5 nitrogen and oxygen atoms in total. The second-order valence-electron chi connectivity index (χ2n) is 5.00. The topological polar surface area (TPSA) is 61.6 Å². The molecule has 0 saturated heterocycles. The van der Waals surface area contributed by atoms with Crippen LogP contribution in [0.1, 0.15) is 44.2 Å². The average molecular weight is 311 g/mol. The predicted octanol–water partition coefficient (Wildman–Crippen LogP) is 4.21. The maximum absolute atomic E-state index is 14.6. The average Bonchev–Trinajstić information content (AvgIpc) is 2.49. The number of nitro groups is 1. The number of ether oxygens (including phenoxy) is 2. The molecular weight excluding hydrogens is 289 g/mol. The molecule has 0 spiro atoms. The van der Waals surface area contributed by atoms with Gasteiger partial charge in [0.25, 0.3) is 0 Å². The molecule has 22 heavy (non-hydrogen) atoms. The number of hydrogen-bond acceptors (Lipinski definition) is 4. The summed E-state index contributed by atoms with van der Waals surface area (Å²) in [4.78, 5) is 10.2. The quantitative estimate of drug-likeness (QED) is 0.410. The lowest BCUT2D eigenvalue weighted by Crippen LogP contribution is -2.02. The van der Waals surface area contributed by atoms with Crippen LogP contribution in [0.15, 0.2) is 11.8 Å². The fraction of sp³-hybridized carbons (Fsp3) is 0.500. The molecule has 0 amide bonds. The summed E-state index contributed by atoms with van der Waals surface area (Å²) in [5, 5.41) is 10.8. The number of benzene rings is 1. The molecule has 0 atom stereocenters. The normalized spacial score (nSPS) is 11.4. The standard InChI is InChI=1S/C16H22FNO4/c1-5-6-7-8-12-10-14(21-3)13(9-11(2)18(19)20)15(17)16(12)22-4/h9-10H,5-8H2,1-4H3/b11-9+. The van der Waals surface area contributed by atoms with Crippen LogP contribution in [-0.2, 0) is 6.42 Å². The van der Waals surface area contributed by atoms with Gasteiger partial charge in [-0.05, 0) is 18.9 Å². The number of nitrogens with zero attached hydrogens (tertiary/aromatic N) is 1. The van der Waals surface area contributed by atoms with Crippen LogP contribution in [0.4, 0.5) is 4.39 Å². The van der Waals surface area contributed by atoms with Crippen LogP contribution < -0.4 is 9.47 Å². The first-order chi connectivity index (χ1) is 10.5. The Hall–Kier alpha value is -2.11. The van der Waals surface area contributed by atoms with Crippen molar-refractivity contribution in [3.63, 3.8) is 0 Å². The molecule has 0 N–H and O–H groups in total. The van der Waals surface area contributed by atoms with Gasteiger partial charge in [-0.1, -0.05) is 19.8 Å². The summed E-state index contributed by atoms with van der Waals surface area (Å²) in [5.41, 5.74) is 0.576. The molecule has 6 heteroatoms. The zero-order chi connectivity index (χ0) is 16.7. The van der Waals surface area contributed by atoms with Gasteiger partial charge in [-0.3, -0.25) is 10.1 Å². The first kappa shape index (κ1) is 17.9. The van der Waals surface area contributed by atoms with Gasteiger partial charge in [-0.2, -0.15) is 0 Å². The lowest BCUT2D eigenvalue weighted by atomic mass is 10.0. The van der Waals surface area contributed by atoms with Crippen molar-refractivity contribution in [2.45, 2.75) is 39.5 Å². The largest absolute Gasteiger partial charge is 0.496 e. The molecule has 0 saturated carbocycles. The van der Waals surface area contributed by atoms with E-state index in [1.54, 1.807) is 6.07 Å². The van der Waals surface area contributed by atoms with Gasteiger partial charge < -0.3 is 9.47 Å². The fourth-order valence-corrected chi connectivity index (χ4v) is 2.21. The Bertz CT molecular complexity index is 570. The van der Waals surface area contributed by atoms with Gasteiger partial charge in [-0.25, -0.2) is 4.39 Å². The highest BCUT2D eigenvalue weighted by Crippen LogP contribution is 2.35. The minimum absolute atomic E-state index is 0.0350. The van der Waals surface area contributed by atoms with Gasteiger partial charge >= 0.3 is 0 Å². The Labute approximate surface area is 129 Å². The van der Waals surface area contributed by atoms with Crippen molar-refractivity contribution in [3.05, 3.63) is 38.8 Å². The van der Waals surface area contributed by atoms with E-state index < -0.39 is 10.7 Å². The highest BCUT2D eigenvalue weighted by Gasteiger charge is 2.20. The van der Waals surface area contributed by atoms with Crippen molar-refractivity contribution in [2.75, 3.05) is 14.2 Å². The number of halogens is 1. The molecule has 0 fully saturated rings. The zero-order valence-corrected chi connectivity index (χ0v) is 13.4. The van der Waals surface area contributed by atoms with E-state index in [0.29, 0.717) is 12.0 Å². The molecule has 0 radical (unpaired) electrons. The van der Waals surface area contributed by atoms with E-state index in [0.717, 1.165) is 25.3 Å². The van der Waals surface area contributed by atoms with E-state index in [4.69, 9.17) is 9.47 Å². The summed E-state index contributed by atoms with van der Waals surface area (Å²) in [6.45, 7) is 3.40. The summed E-state index contributed by atoms with van der Waals surface area (Å²) in [6.07, 6.45) is 4.84. The first-order valence-electron chi connectivity index (χ1n) is 7.22. The molecule has 0 aromatic heterocycles. The zero-order valence-electron chi connectivity index (χ0n) is 13.4. The third-order valence-corrected chi connectivity index (χ3v) is 3.41. The lowest BCUT2D eigenvalue weighted by Gasteiger charge is -2.15.